The largest absolute Gasteiger partial charge is 0.322 e. The van der Waals surface area contributed by atoms with E-state index >= 15 is 0 Å². The van der Waals surface area contributed by atoms with Gasteiger partial charge >= 0.3 is 0 Å². The average molecular weight is 228 g/mol. The summed E-state index contributed by atoms with van der Waals surface area (Å²) in [7, 11) is 1.85. The Labute approximate surface area is 80.2 Å². The third-order valence-corrected chi connectivity index (χ3v) is 2.26. The van der Waals surface area contributed by atoms with E-state index in [1.807, 2.05) is 11.6 Å². The summed E-state index contributed by atoms with van der Waals surface area (Å²) < 4.78 is 2.45. The maximum atomic E-state index is 8.75. The standard InChI is InChI=1S/C8H10BrN3/c1-5(2)8-11-7(9)6(4-10)12(8)3/h5H,1-3H3. The minimum Gasteiger partial charge on any atom is -0.322 e. The van der Waals surface area contributed by atoms with Crippen molar-refractivity contribution in [3.63, 3.8) is 0 Å². The minimum absolute atomic E-state index is 0.341. The minimum atomic E-state index is 0.341. The molecule has 64 valence electrons. The molecule has 0 atom stereocenters. The zero-order valence-corrected chi connectivity index (χ0v) is 8.88. The molecule has 1 rings (SSSR count). The lowest BCUT2D eigenvalue weighted by Gasteiger charge is -2.03. The van der Waals surface area contributed by atoms with Crippen LogP contribution in [0.2, 0.25) is 0 Å². The lowest BCUT2D eigenvalue weighted by atomic mass is 10.2. The van der Waals surface area contributed by atoms with E-state index in [-0.39, 0.29) is 0 Å². The third kappa shape index (κ3) is 1.37. The molecule has 0 amide bonds. The first-order valence-corrected chi connectivity index (χ1v) is 4.49. The lowest BCUT2D eigenvalue weighted by molar-refractivity contribution is 0.706. The first kappa shape index (κ1) is 9.27. The van der Waals surface area contributed by atoms with Crippen molar-refractivity contribution in [3.8, 4) is 6.07 Å². The second-order valence-electron chi connectivity index (χ2n) is 2.93. The van der Waals surface area contributed by atoms with Gasteiger partial charge in [-0.1, -0.05) is 13.8 Å². The van der Waals surface area contributed by atoms with Crippen LogP contribution in [0.1, 0.15) is 31.3 Å². The van der Waals surface area contributed by atoms with Gasteiger partial charge in [-0.3, -0.25) is 0 Å². The number of halogens is 1. The van der Waals surface area contributed by atoms with Gasteiger partial charge in [-0.05, 0) is 15.9 Å². The predicted molar refractivity (Wildman–Crippen MR) is 49.7 cm³/mol. The molecule has 1 heterocycles. The van der Waals surface area contributed by atoms with Crippen LogP contribution in [0.5, 0.6) is 0 Å². The maximum Gasteiger partial charge on any atom is 0.154 e. The van der Waals surface area contributed by atoms with Crippen molar-refractivity contribution >= 4 is 15.9 Å². The second kappa shape index (κ2) is 3.28. The molecule has 0 unspecified atom stereocenters. The van der Waals surface area contributed by atoms with E-state index in [0.29, 0.717) is 16.2 Å². The highest BCUT2D eigenvalue weighted by atomic mass is 79.9. The fourth-order valence-corrected chi connectivity index (χ4v) is 1.66. The first-order valence-electron chi connectivity index (χ1n) is 3.70. The molecule has 3 nitrogen and oxygen atoms in total. The number of nitriles is 1. The maximum absolute atomic E-state index is 8.75. The lowest BCUT2D eigenvalue weighted by Crippen LogP contribution is -2.01. The molecule has 0 saturated carbocycles. The van der Waals surface area contributed by atoms with Gasteiger partial charge in [-0.15, -0.1) is 0 Å². The molecule has 0 aliphatic heterocycles. The molecule has 0 spiro atoms. The number of aromatic nitrogens is 2. The summed E-state index contributed by atoms with van der Waals surface area (Å²) in [4.78, 5) is 4.24. The number of nitrogens with zero attached hydrogens (tertiary/aromatic N) is 3. The van der Waals surface area contributed by atoms with Gasteiger partial charge in [0.1, 0.15) is 16.5 Å². The van der Waals surface area contributed by atoms with Crippen molar-refractivity contribution in [3.05, 3.63) is 16.1 Å². The van der Waals surface area contributed by atoms with Gasteiger partial charge in [0, 0.05) is 13.0 Å². The van der Waals surface area contributed by atoms with Crippen LogP contribution in [-0.4, -0.2) is 9.55 Å². The van der Waals surface area contributed by atoms with Crippen molar-refractivity contribution in [2.24, 2.45) is 7.05 Å². The van der Waals surface area contributed by atoms with Gasteiger partial charge < -0.3 is 4.57 Å². The summed E-state index contributed by atoms with van der Waals surface area (Å²) >= 11 is 3.24. The van der Waals surface area contributed by atoms with Crippen LogP contribution < -0.4 is 0 Å². The molecule has 0 bridgehead atoms. The molecule has 0 N–H and O–H groups in total. The Morgan fingerprint density at radius 1 is 1.58 bits per heavy atom. The van der Waals surface area contributed by atoms with Crippen LogP contribution in [0.4, 0.5) is 0 Å². The quantitative estimate of drug-likeness (QED) is 0.739. The van der Waals surface area contributed by atoms with Crippen LogP contribution in [0.25, 0.3) is 0 Å². The molecule has 0 saturated heterocycles. The monoisotopic (exact) mass is 227 g/mol. The number of rotatable bonds is 1. The van der Waals surface area contributed by atoms with E-state index in [2.05, 4.69) is 40.8 Å². The molecule has 4 heteroatoms. The number of hydrogen-bond acceptors (Lipinski definition) is 2. The molecule has 12 heavy (non-hydrogen) atoms. The highest BCUT2D eigenvalue weighted by molar-refractivity contribution is 9.10. The van der Waals surface area contributed by atoms with Crippen LogP contribution >= 0.6 is 15.9 Å². The Morgan fingerprint density at radius 3 is 2.42 bits per heavy atom. The molecule has 0 aliphatic carbocycles. The van der Waals surface area contributed by atoms with E-state index in [9.17, 15) is 0 Å². The van der Waals surface area contributed by atoms with Crippen molar-refractivity contribution in [2.45, 2.75) is 19.8 Å². The Morgan fingerprint density at radius 2 is 2.17 bits per heavy atom. The highest BCUT2D eigenvalue weighted by Gasteiger charge is 2.13. The third-order valence-electron chi connectivity index (χ3n) is 1.71. The van der Waals surface area contributed by atoms with Crippen LogP contribution in [0, 0.1) is 11.3 Å². The van der Waals surface area contributed by atoms with Gasteiger partial charge in [0.05, 0.1) is 0 Å². The summed E-state index contributed by atoms with van der Waals surface area (Å²) in [5, 5.41) is 8.75. The molecule has 0 fully saturated rings. The van der Waals surface area contributed by atoms with E-state index in [1.165, 1.54) is 0 Å². The molecule has 1 aromatic rings. The van der Waals surface area contributed by atoms with Crippen LogP contribution in [0.15, 0.2) is 4.60 Å². The highest BCUT2D eigenvalue weighted by Crippen LogP contribution is 2.20. The molecule has 0 aromatic carbocycles. The summed E-state index contributed by atoms with van der Waals surface area (Å²) in [6, 6.07) is 2.09. The molecular weight excluding hydrogens is 218 g/mol. The van der Waals surface area contributed by atoms with Gasteiger partial charge in [0.25, 0.3) is 0 Å². The fourth-order valence-electron chi connectivity index (χ4n) is 1.12. The number of imidazole rings is 1. The van der Waals surface area contributed by atoms with Crippen LogP contribution in [-0.2, 0) is 7.05 Å². The van der Waals surface area contributed by atoms with Gasteiger partial charge in [-0.2, -0.15) is 5.26 Å². The topological polar surface area (TPSA) is 41.6 Å². The van der Waals surface area contributed by atoms with Gasteiger partial charge in [-0.25, -0.2) is 4.98 Å². The normalized spacial score (nSPS) is 10.3. The Balaban J connectivity index is 3.29. The Bertz CT molecular complexity index is 333. The van der Waals surface area contributed by atoms with E-state index in [4.69, 9.17) is 5.26 Å². The van der Waals surface area contributed by atoms with Gasteiger partial charge in [0.15, 0.2) is 5.69 Å². The summed E-state index contributed by atoms with van der Waals surface area (Å²) in [5.74, 6) is 1.27. The van der Waals surface area contributed by atoms with Crippen LogP contribution in [0.3, 0.4) is 0 Å². The fraction of sp³-hybridized carbons (Fsp3) is 0.500. The second-order valence-corrected chi connectivity index (χ2v) is 3.69. The van der Waals surface area contributed by atoms with E-state index in [0.717, 1.165) is 5.82 Å². The Kier molecular flexibility index (Phi) is 2.53. The zero-order chi connectivity index (χ0) is 9.30. The Hall–Kier alpha value is -0.820. The van der Waals surface area contributed by atoms with Crippen molar-refractivity contribution in [1.29, 1.82) is 5.26 Å². The zero-order valence-electron chi connectivity index (χ0n) is 7.30. The molecule has 0 radical (unpaired) electrons. The molecular formula is C8H10BrN3. The SMILES string of the molecule is CC(C)c1nc(Br)c(C#N)n1C. The molecule has 1 aromatic heterocycles. The van der Waals surface area contributed by atoms with E-state index < -0.39 is 0 Å². The first-order chi connectivity index (χ1) is 5.57. The summed E-state index contributed by atoms with van der Waals surface area (Å²) in [6.45, 7) is 4.10. The van der Waals surface area contributed by atoms with Gasteiger partial charge in [0.2, 0.25) is 0 Å². The van der Waals surface area contributed by atoms with Crippen molar-refractivity contribution in [2.75, 3.05) is 0 Å². The van der Waals surface area contributed by atoms with E-state index in [1.54, 1.807) is 0 Å². The van der Waals surface area contributed by atoms with Crippen molar-refractivity contribution in [1.82, 2.24) is 9.55 Å². The summed E-state index contributed by atoms with van der Waals surface area (Å²) in [5.41, 5.74) is 0.582. The average Bonchev–Trinajstić information content (AvgIpc) is 2.27. The summed E-state index contributed by atoms with van der Waals surface area (Å²) in [6.07, 6.45) is 0. The van der Waals surface area contributed by atoms with Crippen molar-refractivity contribution < 1.29 is 0 Å². The molecule has 0 aliphatic rings. The predicted octanol–water partition coefficient (Wildman–Crippen LogP) is 2.18. The number of hydrogen-bond donors (Lipinski definition) is 0. The smallest absolute Gasteiger partial charge is 0.154 e.